The Morgan fingerprint density at radius 2 is 1.57 bits per heavy atom. The number of halogens is 1. The number of aliphatic hydroxyl groups excluding tert-OH is 1. The summed E-state index contributed by atoms with van der Waals surface area (Å²) in [6.45, 7) is 2.65. The van der Waals surface area contributed by atoms with Crippen molar-refractivity contribution in [3.8, 4) is 0 Å². The number of fused-ring (bicyclic) bond motifs is 1. The van der Waals surface area contributed by atoms with Crippen molar-refractivity contribution in [1.29, 1.82) is 0 Å². The van der Waals surface area contributed by atoms with Crippen LogP contribution < -0.4 is 5.32 Å². The molecule has 0 aliphatic rings. The molecule has 14 heteroatoms. The Bertz CT molecular complexity index is 1630. The van der Waals surface area contributed by atoms with Crippen molar-refractivity contribution in [2.24, 2.45) is 10.2 Å². The Balaban J connectivity index is 2.03. The molecule has 2 N–H and O–H groups in total. The molecule has 184 valence electrons. The minimum atomic E-state index is -4.99. The van der Waals surface area contributed by atoms with Gasteiger partial charge >= 0.3 is 0 Å². The summed E-state index contributed by atoms with van der Waals surface area (Å²) in [5.74, 6) is -1.58. The van der Waals surface area contributed by atoms with Crippen LogP contribution in [0.1, 0.15) is 12.5 Å². The van der Waals surface area contributed by atoms with Gasteiger partial charge in [-0.25, -0.2) is 16.8 Å². The van der Waals surface area contributed by atoms with Crippen molar-refractivity contribution in [3.05, 3.63) is 70.6 Å². The number of nitrogens with one attached hydrogen (secondary N) is 1. The van der Waals surface area contributed by atoms with Gasteiger partial charge in [0.05, 0.1) is 9.79 Å². The van der Waals surface area contributed by atoms with Crippen LogP contribution in [0.4, 0.5) is 11.4 Å². The molecule has 0 spiro atoms. The summed E-state index contributed by atoms with van der Waals surface area (Å²) in [6.07, 6.45) is 0. The van der Waals surface area contributed by atoms with E-state index in [9.17, 15) is 35.8 Å². The lowest BCUT2D eigenvalue weighted by atomic mass is 10.1. The second kappa shape index (κ2) is 9.71. The lowest BCUT2D eigenvalue weighted by Crippen LogP contribution is -2.15. The summed E-state index contributed by atoms with van der Waals surface area (Å²) in [6, 6.07) is 10.2. The number of aliphatic hydroxyl groups is 1. The molecule has 1 amide bonds. The molecule has 0 atom stereocenters. The largest absolute Gasteiger partial charge is 0.744 e. The zero-order chi connectivity index (χ0) is 26.1. The number of amides is 1. The van der Waals surface area contributed by atoms with Crippen LogP contribution in [0, 0.1) is 6.92 Å². The Hall–Kier alpha value is -3.36. The number of aryl methyl sites for hydroxylation is 1. The third-order valence-corrected chi connectivity index (χ3v) is 6.89. The van der Waals surface area contributed by atoms with Gasteiger partial charge in [-0.15, -0.1) is 10.2 Å². The maximum atomic E-state index is 12.8. The van der Waals surface area contributed by atoms with E-state index in [1.807, 2.05) is 0 Å². The first-order valence-electron chi connectivity index (χ1n) is 9.56. The van der Waals surface area contributed by atoms with Gasteiger partial charge in [0.2, 0.25) is 0 Å². The molecule has 3 aromatic carbocycles. The van der Waals surface area contributed by atoms with Crippen LogP contribution in [0.15, 0.2) is 80.0 Å². The molecule has 35 heavy (non-hydrogen) atoms. The van der Waals surface area contributed by atoms with Gasteiger partial charge < -0.3 is 19.5 Å². The zero-order valence-corrected chi connectivity index (χ0v) is 20.4. The molecule has 11 nitrogen and oxygen atoms in total. The van der Waals surface area contributed by atoms with Gasteiger partial charge in [-0.05, 0) is 43.7 Å². The molecule has 0 bridgehead atoms. The SMILES string of the molecule is C/C(O)=C(\N=Nc1cc(C)c(Cl)cc1S(=O)(=O)[O-])C(=O)Nc1ccc(S(=O)(=O)[O-])c2ccccc12. The molecule has 0 saturated heterocycles. The maximum Gasteiger partial charge on any atom is 0.279 e. The smallest absolute Gasteiger partial charge is 0.279 e. The predicted octanol–water partition coefficient (Wildman–Crippen LogP) is 4.12. The molecule has 0 aromatic heterocycles. The van der Waals surface area contributed by atoms with E-state index in [1.165, 1.54) is 37.3 Å². The molecule has 3 rings (SSSR count). The Morgan fingerprint density at radius 1 is 0.971 bits per heavy atom. The number of hydrogen-bond acceptors (Lipinski definition) is 10. The molecule has 3 aromatic rings. The predicted molar refractivity (Wildman–Crippen MR) is 125 cm³/mol. The molecule has 0 aliphatic carbocycles. The lowest BCUT2D eigenvalue weighted by molar-refractivity contribution is -0.113. The molecular formula is C21H16ClN3O8S2-2. The number of anilines is 1. The standard InChI is InChI=1S/C21H18ClN3O8S2/c1-11-9-17(19(10-15(11)22)35(31,32)33)24-25-20(12(2)26)21(27)23-16-7-8-18(34(28,29)30)14-6-4-3-5-13(14)16/h3-10,26H,1-2H3,(H,23,27)(H,28,29,30)(H,31,32,33)/p-2/b20-12+,25-24?. The highest BCUT2D eigenvalue weighted by Gasteiger charge is 2.18. The number of benzene rings is 3. The van der Waals surface area contributed by atoms with E-state index in [1.54, 1.807) is 6.07 Å². The fourth-order valence-corrected chi connectivity index (χ4v) is 4.62. The maximum absolute atomic E-state index is 12.8. The first-order chi connectivity index (χ1) is 16.2. The average Bonchev–Trinajstić information content (AvgIpc) is 2.74. The van der Waals surface area contributed by atoms with Crippen LogP contribution in [0.3, 0.4) is 0 Å². The Kier molecular flexibility index (Phi) is 7.29. The third kappa shape index (κ3) is 5.83. The summed E-state index contributed by atoms with van der Waals surface area (Å²) >= 11 is 5.89. The molecule has 0 unspecified atom stereocenters. The summed E-state index contributed by atoms with van der Waals surface area (Å²) in [4.78, 5) is 11.6. The van der Waals surface area contributed by atoms with Gasteiger partial charge in [-0.3, -0.25) is 4.79 Å². The van der Waals surface area contributed by atoms with E-state index >= 15 is 0 Å². The zero-order valence-electron chi connectivity index (χ0n) is 18.0. The van der Waals surface area contributed by atoms with Crippen molar-refractivity contribution in [2.75, 3.05) is 5.32 Å². The van der Waals surface area contributed by atoms with Gasteiger partial charge in [-0.2, -0.15) is 0 Å². The number of carbonyl (C=O) groups is 1. The van der Waals surface area contributed by atoms with Gasteiger partial charge in [0.15, 0.2) is 5.70 Å². The van der Waals surface area contributed by atoms with Gasteiger partial charge in [0.1, 0.15) is 31.7 Å². The van der Waals surface area contributed by atoms with Crippen molar-refractivity contribution < 1.29 is 35.8 Å². The topological polar surface area (TPSA) is 188 Å². The first-order valence-corrected chi connectivity index (χ1v) is 12.8. The van der Waals surface area contributed by atoms with E-state index in [-0.39, 0.29) is 21.5 Å². The second-order valence-electron chi connectivity index (χ2n) is 7.22. The molecule has 0 heterocycles. The van der Waals surface area contributed by atoms with E-state index < -0.39 is 53.1 Å². The normalized spacial score (nSPS) is 13.2. The molecular weight excluding hydrogens is 522 g/mol. The number of azo groups is 1. The van der Waals surface area contributed by atoms with Gasteiger partial charge in [0.25, 0.3) is 5.91 Å². The fraction of sp³-hybridized carbons (Fsp3) is 0.0952. The summed E-state index contributed by atoms with van der Waals surface area (Å²) in [5.41, 5.74) is -0.555. The highest BCUT2D eigenvalue weighted by molar-refractivity contribution is 7.86. The minimum absolute atomic E-state index is 0.000593. The van der Waals surface area contributed by atoms with Crippen molar-refractivity contribution >= 4 is 59.9 Å². The number of nitrogens with zero attached hydrogens (tertiary/aromatic N) is 2. The first kappa shape index (κ1) is 26.2. The van der Waals surface area contributed by atoms with E-state index in [0.29, 0.717) is 5.56 Å². The van der Waals surface area contributed by atoms with Gasteiger partial charge in [0, 0.05) is 21.5 Å². The van der Waals surface area contributed by atoms with E-state index in [4.69, 9.17) is 11.6 Å². The van der Waals surface area contributed by atoms with Crippen molar-refractivity contribution in [2.45, 2.75) is 23.6 Å². The number of hydrogen-bond donors (Lipinski definition) is 2. The van der Waals surface area contributed by atoms with Crippen molar-refractivity contribution in [3.63, 3.8) is 0 Å². The molecule has 0 fully saturated rings. The lowest BCUT2D eigenvalue weighted by Gasteiger charge is -2.14. The Labute approximate surface area is 205 Å². The number of carbonyl (C=O) groups excluding carboxylic acids is 1. The highest BCUT2D eigenvalue weighted by Crippen LogP contribution is 2.32. The second-order valence-corrected chi connectivity index (χ2v) is 10.3. The molecule has 0 radical (unpaired) electrons. The molecule has 0 saturated carbocycles. The number of allylic oxidation sites excluding steroid dienone is 1. The fourth-order valence-electron chi connectivity index (χ4n) is 3.09. The van der Waals surface area contributed by atoms with Crippen LogP contribution in [0.25, 0.3) is 10.8 Å². The monoisotopic (exact) mass is 537 g/mol. The van der Waals surface area contributed by atoms with E-state index in [2.05, 4.69) is 15.5 Å². The van der Waals surface area contributed by atoms with Crippen LogP contribution >= 0.6 is 11.6 Å². The van der Waals surface area contributed by atoms with Crippen molar-refractivity contribution in [1.82, 2.24) is 0 Å². The quantitative estimate of drug-likeness (QED) is 0.203. The van der Waals surface area contributed by atoms with Crippen LogP contribution in [0.2, 0.25) is 5.02 Å². The van der Waals surface area contributed by atoms with Crippen LogP contribution in [0.5, 0.6) is 0 Å². The molecule has 0 aliphatic heterocycles. The van der Waals surface area contributed by atoms with Crippen LogP contribution in [-0.2, 0) is 25.0 Å². The average molecular weight is 538 g/mol. The summed E-state index contributed by atoms with van der Waals surface area (Å²) in [5, 5.41) is 20.0. The van der Waals surface area contributed by atoms with E-state index in [0.717, 1.165) is 19.1 Å². The van der Waals surface area contributed by atoms with Crippen LogP contribution in [-0.4, -0.2) is 37.0 Å². The van der Waals surface area contributed by atoms with Gasteiger partial charge in [-0.1, -0.05) is 35.9 Å². The summed E-state index contributed by atoms with van der Waals surface area (Å²) < 4.78 is 69.4. The Morgan fingerprint density at radius 3 is 2.14 bits per heavy atom. The highest BCUT2D eigenvalue weighted by atomic mass is 35.5. The third-order valence-electron chi connectivity index (χ3n) is 4.73. The minimum Gasteiger partial charge on any atom is -0.744 e. The number of rotatable bonds is 6. The summed E-state index contributed by atoms with van der Waals surface area (Å²) in [7, 11) is -9.79.